The minimum atomic E-state index is -0.445. The summed E-state index contributed by atoms with van der Waals surface area (Å²) in [5, 5.41) is 17.1. The lowest BCUT2D eigenvalue weighted by molar-refractivity contribution is -0.0177. The monoisotopic (exact) mass is 248 g/mol. The van der Waals surface area contributed by atoms with Crippen LogP contribution in [-0.2, 0) is 9.47 Å². The van der Waals surface area contributed by atoms with Crippen LogP contribution in [0.4, 0.5) is 0 Å². The number of rotatable bonds is 5. The van der Waals surface area contributed by atoms with Gasteiger partial charge in [0.15, 0.2) is 0 Å². The van der Waals surface area contributed by atoms with E-state index in [4.69, 9.17) is 19.7 Å². The van der Waals surface area contributed by atoms with Gasteiger partial charge in [0.2, 0.25) is 0 Å². The second-order valence-electron chi connectivity index (χ2n) is 4.67. The Morgan fingerprint density at radius 2 is 1.76 bits per heavy atom. The van der Waals surface area contributed by atoms with Crippen LogP contribution in [0.2, 0.25) is 0 Å². The normalized spacial score (nSPS) is 20.3. The third-order valence-electron chi connectivity index (χ3n) is 2.76. The summed E-state index contributed by atoms with van der Waals surface area (Å²) in [5.41, 5.74) is 0. The van der Waals surface area contributed by atoms with E-state index in [1.165, 1.54) is 32.1 Å². The van der Waals surface area contributed by atoms with E-state index in [0.717, 1.165) is 0 Å². The largest absolute Gasteiger partial charge is 0.394 e. The van der Waals surface area contributed by atoms with Crippen molar-refractivity contribution in [1.29, 1.82) is 0 Å². The summed E-state index contributed by atoms with van der Waals surface area (Å²) < 4.78 is 10.1. The van der Waals surface area contributed by atoms with Gasteiger partial charge in [0, 0.05) is 7.11 Å². The Labute approximate surface area is 105 Å². The van der Waals surface area contributed by atoms with Gasteiger partial charge in [-0.15, -0.1) is 0 Å². The quantitative estimate of drug-likeness (QED) is 0.778. The maximum atomic E-state index is 8.69. The molecule has 1 saturated carbocycles. The Morgan fingerprint density at radius 1 is 1.18 bits per heavy atom. The number of hydrogen-bond acceptors (Lipinski definition) is 4. The third-order valence-corrected chi connectivity index (χ3v) is 2.76. The molecule has 0 bridgehead atoms. The molecule has 0 radical (unpaired) electrons. The molecule has 104 valence electrons. The average molecular weight is 248 g/mol. The maximum absolute atomic E-state index is 8.69. The Balaban J connectivity index is 0.000000302. The Kier molecular flexibility index (Phi) is 10.9. The zero-order valence-electron chi connectivity index (χ0n) is 11.4. The molecule has 1 aliphatic carbocycles. The first kappa shape index (κ1) is 16.8. The molecule has 4 heteroatoms. The van der Waals surface area contributed by atoms with Crippen LogP contribution in [0.15, 0.2) is 0 Å². The van der Waals surface area contributed by atoms with Crippen molar-refractivity contribution in [1.82, 2.24) is 0 Å². The van der Waals surface area contributed by atoms with Crippen LogP contribution in [0, 0.1) is 0 Å². The molecule has 0 spiro atoms. The summed E-state index contributed by atoms with van der Waals surface area (Å²) in [6.45, 7) is 3.70. The van der Waals surface area contributed by atoms with E-state index in [2.05, 4.69) is 0 Å². The van der Waals surface area contributed by atoms with Gasteiger partial charge in [0.05, 0.1) is 31.5 Å². The van der Waals surface area contributed by atoms with E-state index in [1.807, 2.05) is 7.11 Å². The zero-order valence-corrected chi connectivity index (χ0v) is 11.4. The van der Waals surface area contributed by atoms with Crippen molar-refractivity contribution in [2.45, 2.75) is 64.3 Å². The van der Waals surface area contributed by atoms with Gasteiger partial charge in [-0.3, -0.25) is 0 Å². The molecule has 0 aliphatic heterocycles. The van der Waals surface area contributed by atoms with E-state index in [0.29, 0.717) is 12.7 Å². The molecular formula is C13H28O4. The van der Waals surface area contributed by atoms with Crippen molar-refractivity contribution >= 4 is 0 Å². The van der Waals surface area contributed by atoms with Crippen molar-refractivity contribution < 1.29 is 19.7 Å². The topological polar surface area (TPSA) is 58.9 Å². The van der Waals surface area contributed by atoms with Crippen LogP contribution in [-0.4, -0.2) is 48.8 Å². The molecule has 1 aliphatic rings. The SMILES string of the molecule is CC(O)COC(C)CO.COC1CCCCC1. The molecule has 4 nitrogen and oxygen atoms in total. The number of aliphatic hydroxyl groups excluding tert-OH is 2. The van der Waals surface area contributed by atoms with Crippen LogP contribution in [0.5, 0.6) is 0 Å². The fraction of sp³-hybridized carbons (Fsp3) is 1.00. The van der Waals surface area contributed by atoms with Crippen molar-refractivity contribution in [2.24, 2.45) is 0 Å². The predicted molar refractivity (Wildman–Crippen MR) is 68.1 cm³/mol. The number of ether oxygens (including phenoxy) is 2. The Bertz CT molecular complexity index is 155. The van der Waals surface area contributed by atoms with Gasteiger partial charge in [-0.1, -0.05) is 19.3 Å². The average Bonchev–Trinajstić information content (AvgIpc) is 2.37. The van der Waals surface area contributed by atoms with Gasteiger partial charge < -0.3 is 19.7 Å². The van der Waals surface area contributed by atoms with Crippen LogP contribution in [0.25, 0.3) is 0 Å². The van der Waals surface area contributed by atoms with Gasteiger partial charge in [0.25, 0.3) is 0 Å². The van der Waals surface area contributed by atoms with E-state index in [9.17, 15) is 0 Å². The number of hydrogen-bond donors (Lipinski definition) is 2. The molecule has 17 heavy (non-hydrogen) atoms. The second kappa shape index (κ2) is 11.0. The molecule has 0 heterocycles. The molecule has 2 N–H and O–H groups in total. The highest BCUT2D eigenvalue weighted by Gasteiger charge is 2.10. The minimum absolute atomic E-state index is 0.00667. The van der Waals surface area contributed by atoms with Gasteiger partial charge in [-0.05, 0) is 26.7 Å². The van der Waals surface area contributed by atoms with Crippen molar-refractivity contribution in [3.05, 3.63) is 0 Å². The second-order valence-corrected chi connectivity index (χ2v) is 4.67. The molecule has 0 aromatic heterocycles. The smallest absolute Gasteiger partial charge is 0.0779 e. The molecule has 1 rings (SSSR count). The summed E-state index contributed by atoms with van der Waals surface area (Å²) in [5.74, 6) is 0. The summed E-state index contributed by atoms with van der Waals surface area (Å²) in [4.78, 5) is 0. The summed E-state index contributed by atoms with van der Waals surface area (Å²) in [7, 11) is 1.82. The molecule has 0 aromatic carbocycles. The van der Waals surface area contributed by atoms with E-state index >= 15 is 0 Å². The summed E-state index contributed by atoms with van der Waals surface area (Å²) >= 11 is 0. The van der Waals surface area contributed by atoms with Crippen molar-refractivity contribution in [3.63, 3.8) is 0 Å². The number of aliphatic hydroxyl groups is 2. The molecule has 1 fully saturated rings. The van der Waals surface area contributed by atoms with E-state index in [1.54, 1.807) is 13.8 Å². The highest BCUT2D eigenvalue weighted by Crippen LogP contribution is 2.18. The lowest BCUT2D eigenvalue weighted by Gasteiger charge is -2.19. The summed E-state index contributed by atoms with van der Waals surface area (Å²) in [6.07, 6.45) is 6.71. The van der Waals surface area contributed by atoms with Crippen LogP contribution < -0.4 is 0 Å². The van der Waals surface area contributed by atoms with E-state index < -0.39 is 6.10 Å². The first-order valence-corrected chi connectivity index (χ1v) is 6.53. The molecule has 0 amide bonds. The highest BCUT2D eigenvalue weighted by molar-refractivity contribution is 4.63. The Hall–Kier alpha value is -0.160. The fourth-order valence-electron chi connectivity index (χ4n) is 1.66. The molecule has 0 aromatic rings. The van der Waals surface area contributed by atoms with Crippen molar-refractivity contribution in [2.75, 3.05) is 20.3 Å². The van der Waals surface area contributed by atoms with Gasteiger partial charge in [0.1, 0.15) is 0 Å². The summed E-state index contributed by atoms with van der Waals surface area (Å²) in [6, 6.07) is 0. The van der Waals surface area contributed by atoms with Crippen LogP contribution in [0.1, 0.15) is 46.0 Å². The molecule has 2 atom stereocenters. The molecule has 0 saturated heterocycles. The zero-order chi connectivity index (χ0) is 13.1. The maximum Gasteiger partial charge on any atom is 0.0779 e. The van der Waals surface area contributed by atoms with Gasteiger partial charge in [-0.25, -0.2) is 0 Å². The first-order chi connectivity index (χ1) is 8.10. The third kappa shape index (κ3) is 10.7. The van der Waals surface area contributed by atoms with E-state index in [-0.39, 0.29) is 12.7 Å². The van der Waals surface area contributed by atoms with Crippen LogP contribution in [0.3, 0.4) is 0 Å². The minimum Gasteiger partial charge on any atom is -0.394 e. The number of methoxy groups -OCH3 is 1. The van der Waals surface area contributed by atoms with Crippen molar-refractivity contribution in [3.8, 4) is 0 Å². The first-order valence-electron chi connectivity index (χ1n) is 6.53. The van der Waals surface area contributed by atoms with Crippen LogP contribution >= 0.6 is 0 Å². The van der Waals surface area contributed by atoms with Gasteiger partial charge >= 0.3 is 0 Å². The molecular weight excluding hydrogens is 220 g/mol. The highest BCUT2D eigenvalue weighted by atomic mass is 16.5. The van der Waals surface area contributed by atoms with Gasteiger partial charge in [-0.2, -0.15) is 0 Å². The lowest BCUT2D eigenvalue weighted by Crippen LogP contribution is -2.19. The predicted octanol–water partition coefficient (Wildman–Crippen LogP) is 1.73. The fourth-order valence-corrected chi connectivity index (χ4v) is 1.66. The lowest BCUT2D eigenvalue weighted by atomic mass is 9.98. The Morgan fingerprint density at radius 3 is 2.12 bits per heavy atom. The standard InChI is InChI=1S/C7H14O.C6H14O3/c1-8-7-5-3-2-4-6-7;1-5(8)4-9-6(2)3-7/h7H,2-6H2,1H3;5-8H,3-4H2,1-2H3. The molecule has 2 unspecified atom stereocenters.